The zero-order chi connectivity index (χ0) is 23.2. The Kier molecular flexibility index (Phi) is 6.13. The van der Waals surface area contributed by atoms with Crippen LogP contribution >= 0.6 is 0 Å². The number of fused-ring (bicyclic) bond motifs is 1. The van der Waals surface area contributed by atoms with Crippen LogP contribution in [0, 0.1) is 0 Å². The van der Waals surface area contributed by atoms with Gasteiger partial charge in [0.15, 0.2) is 5.79 Å². The van der Waals surface area contributed by atoms with Gasteiger partial charge < -0.3 is 28.8 Å². The molecular formula is C25H34O6Si. The van der Waals surface area contributed by atoms with Gasteiger partial charge in [-0.05, 0) is 29.3 Å². The molecule has 2 aromatic rings. The Morgan fingerprint density at radius 1 is 0.938 bits per heavy atom. The minimum Gasteiger partial charge on any atom is -0.405 e. The lowest BCUT2D eigenvalue weighted by atomic mass is 10.1. The van der Waals surface area contributed by atoms with Crippen LogP contribution < -0.4 is 10.4 Å². The topological polar surface area (TPSA) is 77.4 Å². The van der Waals surface area contributed by atoms with Crippen LogP contribution in [0.15, 0.2) is 60.7 Å². The molecule has 0 aliphatic carbocycles. The SMILES string of the molecule is CC1(C)O[C@H]2[C@H](O)[C@H](CO[Si](c3ccccc3)(c3ccccc3)C(C)(C)C)O[C@@]2(CO)O1. The molecule has 2 heterocycles. The molecule has 0 bridgehead atoms. The van der Waals surface area contributed by atoms with Gasteiger partial charge in [-0.15, -0.1) is 0 Å². The minimum atomic E-state index is -2.78. The Hall–Kier alpha value is -1.58. The van der Waals surface area contributed by atoms with Gasteiger partial charge in [-0.3, -0.25) is 0 Å². The number of hydrogen-bond donors (Lipinski definition) is 2. The molecular weight excluding hydrogens is 424 g/mol. The van der Waals surface area contributed by atoms with Crippen molar-refractivity contribution in [1.82, 2.24) is 0 Å². The molecule has 4 atom stereocenters. The summed E-state index contributed by atoms with van der Waals surface area (Å²) < 4.78 is 24.7. The maximum absolute atomic E-state index is 11.0. The van der Waals surface area contributed by atoms with E-state index in [-0.39, 0.29) is 11.6 Å². The van der Waals surface area contributed by atoms with E-state index in [4.69, 9.17) is 18.6 Å². The van der Waals surface area contributed by atoms with Crippen molar-refractivity contribution >= 4 is 18.7 Å². The average Bonchev–Trinajstić information content (AvgIpc) is 3.17. The van der Waals surface area contributed by atoms with E-state index < -0.39 is 44.8 Å². The van der Waals surface area contributed by atoms with Crippen LogP contribution in [0.4, 0.5) is 0 Å². The highest BCUT2D eigenvalue weighted by Crippen LogP contribution is 2.46. The molecule has 2 N–H and O–H groups in total. The second-order valence-electron chi connectivity index (χ2n) is 10.1. The van der Waals surface area contributed by atoms with E-state index in [0.717, 1.165) is 10.4 Å². The van der Waals surface area contributed by atoms with E-state index in [1.165, 1.54) is 0 Å². The molecule has 2 aliphatic rings. The number of hydrogen-bond acceptors (Lipinski definition) is 6. The molecule has 32 heavy (non-hydrogen) atoms. The molecule has 174 valence electrons. The number of aliphatic hydroxyl groups excluding tert-OH is 2. The lowest BCUT2D eigenvalue weighted by molar-refractivity contribution is -0.276. The summed E-state index contributed by atoms with van der Waals surface area (Å²) >= 11 is 0. The van der Waals surface area contributed by atoms with Crippen molar-refractivity contribution in [3.63, 3.8) is 0 Å². The van der Waals surface area contributed by atoms with Gasteiger partial charge in [0.2, 0.25) is 5.79 Å². The first-order valence-electron chi connectivity index (χ1n) is 11.1. The van der Waals surface area contributed by atoms with Crippen molar-refractivity contribution in [3.05, 3.63) is 60.7 Å². The molecule has 0 spiro atoms. The number of aliphatic hydroxyl groups is 2. The summed E-state index contributed by atoms with van der Waals surface area (Å²) in [5.74, 6) is -2.33. The number of ether oxygens (including phenoxy) is 3. The third-order valence-corrected chi connectivity index (χ3v) is 11.4. The Labute approximate surface area is 191 Å². The Morgan fingerprint density at radius 2 is 1.47 bits per heavy atom. The van der Waals surface area contributed by atoms with Gasteiger partial charge in [-0.2, -0.15) is 0 Å². The quantitative estimate of drug-likeness (QED) is 0.646. The molecule has 4 rings (SSSR count). The molecule has 7 heteroatoms. The van der Waals surface area contributed by atoms with E-state index in [1.807, 2.05) is 36.4 Å². The standard InChI is InChI=1S/C25H34O6Si/c1-23(2,3)32(18-12-8-6-9-13-18,19-14-10-7-11-15-19)28-16-20-21(27)22-25(17-26,29-20)31-24(4,5)30-22/h6-15,20-22,26-27H,16-17H2,1-5H3/t20-,21+,22-,25-/m0/s1. The highest BCUT2D eigenvalue weighted by atomic mass is 28.4. The van der Waals surface area contributed by atoms with Crippen molar-refractivity contribution in [1.29, 1.82) is 0 Å². The van der Waals surface area contributed by atoms with E-state index in [1.54, 1.807) is 13.8 Å². The fourth-order valence-electron chi connectivity index (χ4n) is 5.10. The van der Waals surface area contributed by atoms with Crippen LogP contribution in [-0.4, -0.2) is 61.6 Å². The summed E-state index contributed by atoms with van der Waals surface area (Å²) in [5, 5.41) is 23.2. The molecule has 0 radical (unpaired) electrons. The number of rotatable bonds is 6. The summed E-state index contributed by atoms with van der Waals surface area (Å²) in [6.07, 6.45) is -2.46. The first kappa shape index (κ1) is 23.6. The molecule has 2 aliphatic heterocycles. The normalized spacial score (nSPS) is 29.8. The van der Waals surface area contributed by atoms with Crippen LogP contribution in [0.1, 0.15) is 34.6 Å². The molecule has 6 nitrogen and oxygen atoms in total. The summed E-state index contributed by atoms with van der Waals surface area (Å²) in [6, 6.07) is 20.6. The van der Waals surface area contributed by atoms with Gasteiger partial charge in [0.05, 0.1) is 6.61 Å². The van der Waals surface area contributed by atoms with Crippen molar-refractivity contribution < 1.29 is 28.8 Å². The summed E-state index contributed by atoms with van der Waals surface area (Å²) in [4.78, 5) is 0. The van der Waals surface area contributed by atoms with Crippen LogP contribution in [0.25, 0.3) is 0 Å². The van der Waals surface area contributed by atoms with Gasteiger partial charge >= 0.3 is 0 Å². The zero-order valence-corrected chi connectivity index (χ0v) is 20.4. The van der Waals surface area contributed by atoms with Gasteiger partial charge in [0.25, 0.3) is 8.32 Å². The van der Waals surface area contributed by atoms with Crippen LogP contribution in [-0.2, 0) is 18.6 Å². The zero-order valence-electron chi connectivity index (χ0n) is 19.4. The van der Waals surface area contributed by atoms with E-state index in [9.17, 15) is 10.2 Å². The largest absolute Gasteiger partial charge is 0.405 e. The molecule has 0 aromatic heterocycles. The molecule has 0 amide bonds. The predicted molar refractivity (Wildman–Crippen MR) is 124 cm³/mol. The molecule has 0 unspecified atom stereocenters. The van der Waals surface area contributed by atoms with Crippen molar-refractivity contribution in [2.75, 3.05) is 13.2 Å². The van der Waals surface area contributed by atoms with Crippen molar-refractivity contribution in [3.8, 4) is 0 Å². The van der Waals surface area contributed by atoms with Gasteiger partial charge in [-0.25, -0.2) is 0 Å². The highest BCUT2D eigenvalue weighted by Gasteiger charge is 2.65. The fraction of sp³-hybridized carbons (Fsp3) is 0.520. The number of benzene rings is 2. The monoisotopic (exact) mass is 458 g/mol. The third kappa shape index (κ3) is 3.86. The Bertz CT molecular complexity index is 874. The Morgan fingerprint density at radius 3 is 1.91 bits per heavy atom. The van der Waals surface area contributed by atoms with E-state index in [2.05, 4.69) is 45.0 Å². The maximum Gasteiger partial charge on any atom is 0.261 e. The van der Waals surface area contributed by atoms with Crippen LogP contribution in [0.5, 0.6) is 0 Å². The molecule has 2 saturated heterocycles. The predicted octanol–water partition coefficient (Wildman–Crippen LogP) is 2.16. The van der Waals surface area contributed by atoms with Crippen LogP contribution in [0.2, 0.25) is 5.04 Å². The minimum absolute atomic E-state index is 0.153. The second kappa shape index (κ2) is 8.33. The van der Waals surface area contributed by atoms with Crippen LogP contribution in [0.3, 0.4) is 0 Å². The van der Waals surface area contributed by atoms with Gasteiger partial charge in [-0.1, -0.05) is 81.4 Å². The highest BCUT2D eigenvalue weighted by molar-refractivity contribution is 6.99. The van der Waals surface area contributed by atoms with Gasteiger partial charge in [0, 0.05) is 0 Å². The maximum atomic E-state index is 11.0. The molecule has 0 saturated carbocycles. The van der Waals surface area contributed by atoms with E-state index in [0.29, 0.717) is 0 Å². The summed E-state index contributed by atoms with van der Waals surface area (Å²) in [5.41, 5.74) is 0. The van der Waals surface area contributed by atoms with Gasteiger partial charge in [0.1, 0.15) is 24.9 Å². The second-order valence-corrected chi connectivity index (χ2v) is 14.4. The average molecular weight is 459 g/mol. The smallest absolute Gasteiger partial charge is 0.261 e. The third-order valence-electron chi connectivity index (χ3n) is 6.41. The lowest BCUT2D eigenvalue weighted by Gasteiger charge is -2.43. The first-order chi connectivity index (χ1) is 15.0. The Balaban J connectivity index is 1.68. The molecule has 2 aromatic carbocycles. The van der Waals surface area contributed by atoms with Crippen molar-refractivity contribution in [2.45, 2.75) is 69.5 Å². The summed E-state index contributed by atoms with van der Waals surface area (Å²) in [7, 11) is -2.78. The van der Waals surface area contributed by atoms with E-state index >= 15 is 0 Å². The lowest BCUT2D eigenvalue weighted by Crippen LogP contribution is -2.67. The summed E-state index contributed by atoms with van der Waals surface area (Å²) in [6.45, 7) is 9.82. The first-order valence-corrected chi connectivity index (χ1v) is 13.1. The van der Waals surface area contributed by atoms with Crippen molar-refractivity contribution in [2.24, 2.45) is 0 Å². The molecule has 2 fully saturated rings. The fourth-order valence-corrected chi connectivity index (χ4v) is 9.67.